The molecule has 0 unspecified atom stereocenters. The van der Waals surface area contributed by atoms with E-state index in [0.717, 1.165) is 35.8 Å². The summed E-state index contributed by atoms with van der Waals surface area (Å²) in [5, 5.41) is 17.8. The first-order chi connectivity index (χ1) is 12.8. The summed E-state index contributed by atoms with van der Waals surface area (Å²) in [4.78, 5) is 21.9. The van der Waals surface area contributed by atoms with Crippen molar-refractivity contribution in [1.29, 1.82) is 0 Å². The van der Waals surface area contributed by atoms with Gasteiger partial charge in [-0.3, -0.25) is 0 Å². The van der Waals surface area contributed by atoms with Gasteiger partial charge in [0.1, 0.15) is 11.5 Å². The number of carbonyl (C=O) groups excluding carboxylic acids is 1. The molecule has 0 amide bonds. The predicted molar refractivity (Wildman–Crippen MR) is 99.3 cm³/mol. The molecule has 0 heterocycles. The summed E-state index contributed by atoms with van der Waals surface area (Å²) in [5.74, 6) is -1.21. The Balaban J connectivity index is 2.00. The number of phenols is 1. The van der Waals surface area contributed by atoms with Gasteiger partial charge in [-0.2, -0.15) is 0 Å². The molecule has 0 aliphatic rings. The number of aromatic hydroxyl groups is 1. The molecule has 2 aromatic carbocycles. The molecule has 6 heteroatoms. The number of benzene rings is 2. The van der Waals surface area contributed by atoms with E-state index in [0.29, 0.717) is 5.75 Å². The lowest BCUT2D eigenvalue weighted by Gasteiger charge is -2.26. The first-order valence-corrected chi connectivity index (χ1v) is 8.12. The van der Waals surface area contributed by atoms with Crippen LogP contribution in [-0.4, -0.2) is 22.2 Å². The third kappa shape index (κ3) is 5.74. The van der Waals surface area contributed by atoms with Gasteiger partial charge >= 0.3 is 11.9 Å². The highest BCUT2D eigenvalue weighted by molar-refractivity contribution is 5.83. The molecule has 0 saturated carbocycles. The molecule has 0 saturated heterocycles. The maximum Gasteiger partial charge on any atom is 0.339 e. The smallest absolute Gasteiger partial charge is 0.339 e. The molecule has 140 valence electrons. The third-order valence-corrected chi connectivity index (χ3v) is 3.96. The molecule has 2 rings (SSSR count). The average molecular weight is 368 g/mol. The molecule has 0 radical (unpaired) electrons. The standard InChI is InChI=1S/C21H20O6/c1-21(2,15-3-7-17(22)8-4-15)16-5-9-18(10-6-16)27-20(25)12-14-26-13-11-19(23)24/h3-14,22H,1-2H3,(H,23,24). The van der Waals surface area contributed by atoms with E-state index in [9.17, 15) is 14.7 Å². The van der Waals surface area contributed by atoms with Crippen molar-refractivity contribution >= 4 is 11.9 Å². The number of rotatable bonds is 7. The molecule has 0 atom stereocenters. The van der Waals surface area contributed by atoms with Crippen molar-refractivity contribution in [2.45, 2.75) is 19.3 Å². The van der Waals surface area contributed by atoms with E-state index in [1.54, 1.807) is 24.3 Å². The van der Waals surface area contributed by atoms with Crippen LogP contribution in [0.25, 0.3) is 0 Å². The van der Waals surface area contributed by atoms with E-state index in [-0.39, 0.29) is 11.2 Å². The van der Waals surface area contributed by atoms with Gasteiger partial charge in [0.05, 0.1) is 24.7 Å². The Morgan fingerprint density at radius 3 is 1.96 bits per heavy atom. The van der Waals surface area contributed by atoms with Crippen LogP contribution in [0.2, 0.25) is 0 Å². The van der Waals surface area contributed by atoms with Gasteiger partial charge in [-0.15, -0.1) is 0 Å². The maximum atomic E-state index is 11.7. The fourth-order valence-corrected chi connectivity index (χ4v) is 2.37. The summed E-state index contributed by atoms with van der Waals surface area (Å²) in [6.07, 6.45) is 3.81. The Morgan fingerprint density at radius 1 is 0.889 bits per heavy atom. The van der Waals surface area contributed by atoms with Crippen molar-refractivity contribution in [3.05, 3.63) is 84.3 Å². The van der Waals surface area contributed by atoms with Crippen molar-refractivity contribution in [1.82, 2.24) is 0 Å². The summed E-state index contributed by atoms with van der Waals surface area (Å²) in [5.41, 5.74) is 1.77. The maximum absolute atomic E-state index is 11.7. The molecule has 0 bridgehead atoms. The number of hydrogen-bond acceptors (Lipinski definition) is 5. The van der Waals surface area contributed by atoms with Crippen molar-refractivity contribution in [3.8, 4) is 11.5 Å². The highest BCUT2D eigenvalue weighted by Gasteiger charge is 2.23. The highest BCUT2D eigenvalue weighted by Crippen LogP contribution is 2.33. The first kappa shape index (κ1) is 19.8. The van der Waals surface area contributed by atoms with E-state index in [1.807, 2.05) is 24.3 Å². The molecule has 0 spiro atoms. The van der Waals surface area contributed by atoms with Crippen LogP contribution in [0.4, 0.5) is 0 Å². The lowest BCUT2D eigenvalue weighted by Crippen LogP contribution is -2.18. The van der Waals surface area contributed by atoms with Gasteiger partial charge in [0, 0.05) is 5.41 Å². The molecular formula is C21H20O6. The van der Waals surface area contributed by atoms with E-state index in [4.69, 9.17) is 14.6 Å². The minimum absolute atomic E-state index is 0.215. The zero-order valence-corrected chi connectivity index (χ0v) is 15.0. The molecule has 6 nitrogen and oxygen atoms in total. The summed E-state index contributed by atoms with van der Waals surface area (Å²) in [6.45, 7) is 4.12. The number of hydrogen-bond donors (Lipinski definition) is 2. The van der Waals surface area contributed by atoms with E-state index >= 15 is 0 Å². The van der Waals surface area contributed by atoms with Crippen LogP contribution in [0.15, 0.2) is 73.2 Å². The molecule has 27 heavy (non-hydrogen) atoms. The Labute approximate surface area is 157 Å². The second kappa shape index (κ2) is 8.71. The molecular weight excluding hydrogens is 348 g/mol. The zero-order chi connectivity index (χ0) is 19.9. The van der Waals surface area contributed by atoms with Gasteiger partial charge < -0.3 is 19.7 Å². The van der Waals surface area contributed by atoms with Gasteiger partial charge in [-0.1, -0.05) is 38.1 Å². The van der Waals surface area contributed by atoms with Gasteiger partial charge in [0.15, 0.2) is 0 Å². The highest BCUT2D eigenvalue weighted by atomic mass is 16.5. The lowest BCUT2D eigenvalue weighted by molar-refractivity contribution is -0.131. The number of phenolic OH excluding ortho intramolecular Hbond substituents is 1. The molecule has 2 N–H and O–H groups in total. The monoisotopic (exact) mass is 368 g/mol. The summed E-state index contributed by atoms with van der Waals surface area (Å²) < 4.78 is 9.87. The van der Waals surface area contributed by atoms with Crippen LogP contribution in [0.3, 0.4) is 0 Å². The largest absolute Gasteiger partial charge is 0.508 e. The SMILES string of the molecule is CC(C)(c1ccc(O)cc1)c1ccc(OC(=O)C=COC=CC(=O)O)cc1. The van der Waals surface area contributed by atoms with Crippen LogP contribution in [0, 0.1) is 0 Å². The van der Waals surface area contributed by atoms with Crippen LogP contribution in [-0.2, 0) is 19.7 Å². The Hall–Kier alpha value is -3.54. The predicted octanol–water partition coefficient (Wildman–Crippen LogP) is 3.75. The fraction of sp³-hybridized carbons (Fsp3) is 0.143. The topological polar surface area (TPSA) is 93.1 Å². The number of carboxylic acid groups (broad SMARTS) is 1. The average Bonchev–Trinajstić information content (AvgIpc) is 2.62. The summed E-state index contributed by atoms with van der Waals surface area (Å²) in [7, 11) is 0. The van der Waals surface area contributed by atoms with E-state index < -0.39 is 11.9 Å². The minimum atomic E-state index is -1.15. The number of carboxylic acids is 1. The number of aliphatic carboxylic acids is 1. The van der Waals surface area contributed by atoms with E-state index in [2.05, 4.69) is 13.8 Å². The fourth-order valence-electron chi connectivity index (χ4n) is 2.37. The molecule has 0 aromatic heterocycles. The normalized spacial score (nSPS) is 11.6. The third-order valence-electron chi connectivity index (χ3n) is 3.96. The Kier molecular flexibility index (Phi) is 6.38. The first-order valence-electron chi connectivity index (χ1n) is 8.12. The van der Waals surface area contributed by atoms with Crippen molar-refractivity contribution in [3.63, 3.8) is 0 Å². The minimum Gasteiger partial charge on any atom is -0.508 e. The van der Waals surface area contributed by atoms with Gasteiger partial charge in [0.25, 0.3) is 0 Å². The van der Waals surface area contributed by atoms with E-state index in [1.165, 1.54) is 0 Å². The quantitative estimate of drug-likeness (QED) is 0.335. The molecule has 0 aliphatic carbocycles. The number of carbonyl (C=O) groups is 2. The molecule has 2 aromatic rings. The Morgan fingerprint density at radius 2 is 1.41 bits per heavy atom. The number of ether oxygens (including phenoxy) is 2. The lowest BCUT2D eigenvalue weighted by atomic mass is 9.78. The second-order valence-electron chi connectivity index (χ2n) is 6.20. The van der Waals surface area contributed by atoms with Crippen LogP contribution < -0.4 is 4.74 Å². The number of esters is 1. The van der Waals surface area contributed by atoms with Gasteiger partial charge in [0.2, 0.25) is 0 Å². The van der Waals surface area contributed by atoms with Crippen molar-refractivity contribution < 1.29 is 29.3 Å². The summed E-state index contributed by atoms with van der Waals surface area (Å²) in [6, 6.07) is 14.1. The van der Waals surface area contributed by atoms with Gasteiger partial charge in [-0.25, -0.2) is 9.59 Å². The van der Waals surface area contributed by atoms with Gasteiger partial charge in [-0.05, 0) is 35.4 Å². The Bertz CT molecular complexity index is 845. The molecule has 0 aliphatic heterocycles. The van der Waals surface area contributed by atoms with Crippen molar-refractivity contribution in [2.24, 2.45) is 0 Å². The summed E-state index contributed by atoms with van der Waals surface area (Å²) >= 11 is 0. The molecule has 0 fully saturated rings. The zero-order valence-electron chi connectivity index (χ0n) is 15.0. The van der Waals surface area contributed by atoms with Crippen LogP contribution >= 0.6 is 0 Å². The second-order valence-corrected chi connectivity index (χ2v) is 6.20. The van der Waals surface area contributed by atoms with Crippen molar-refractivity contribution in [2.75, 3.05) is 0 Å². The van der Waals surface area contributed by atoms with Crippen LogP contribution in [0.5, 0.6) is 11.5 Å². The van der Waals surface area contributed by atoms with Crippen LogP contribution in [0.1, 0.15) is 25.0 Å².